The van der Waals surface area contributed by atoms with Gasteiger partial charge in [0.1, 0.15) is 0 Å². The summed E-state index contributed by atoms with van der Waals surface area (Å²) >= 11 is 0. The van der Waals surface area contributed by atoms with Crippen LogP contribution in [0.2, 0.25) is 0 Å². The zero-order chi connectivity index (χ0) is 11.4. The van der Waals surface area contributed by atoms with Gasteiger partial charge >= 0.3 is 0 Å². The second-order valence-electron chi connectivity index (χ2n) is 5.21. The smallest absolute Gasteiger partial charge is 0.0703 e. The molecule has 2 aliphatic heterocycles. The summed E-state index contributed by atoms with van der Waals surface area (Å²) in [7, 11) is 0. The van der Waals surface area contributed by atoms with Crippen LogP contribution < -0.4 is 5.32 Å². The molecule has 0 aliphatic carbocycles. The monoisotopic (exact) mass is 226 g/mol. The third-order valence-electron chi connectivity index (χ3n) is 4.16. The minimum atomic E-state index is 0.432. The Morgan fingerprint density at radius 1 is 1.25 bits per heavy atom. The van der Waals surface area contributed by atoms with Crippen LogP contribution >= 0.6 is 0 Å². The van der Waals surface area contributed by atoms with Crippen molar-refractivity contribution in [3.8, 4) is 0 Å². The van der Waals surface area contributed by atoms with Crippen LogP contribution in [0.4, 0.5) is 0 Å². The van der Waals surface area contributed by atoms with Crippen molar-refractivity contribution in [2.24, 2.45) is 5.92 Å². The highest BCUT2D eigenvalue weighted by molar-refractivity contribution is 4.84. The molecule has 2 unspecified atom stereocenters. The average molecular weight is 226 g/mol. The normalized spacial score (nSPS) is 32.4. The Labute approximate surface area is 99.5 Å². The maximum Gasteiger partial charge on any atom is 0.0703 e. The third kappa shape index (κ3) is 2.96. The van der Waals surface area contributed by atoms with Crippen molar-refractivity contribution >= 4 is 0 Å². The van der Waals surface area contributed by atoms with Gasteiger partial charge in [0.05, 0.1) is 6.10 Å². The van der Waals surface area contributed by atoms with Gasteiger partial charge in [-0.3, -0.25) is 4.90 Å². The van der Waals surface area contributed by atoms with E-state index in [0.29, 0.717) is 12.1 Å². The van der Waals surface area contributed by atoms with Gasteiger partial charge in [0.2, 0.25) is 0 Å². The molecule has 2 heterocycles. The van der Waals surface area contributed by atoms with Crippen LogP contribution in [-0.2, 0) is 4.74 Å². The molecule has 3 nitrogen and oxygen atoms in total. The highest BCUT2D eigenvalue weighted by Crippen LogP contribution is 2.22. The molecule has 0 aromatic carbocycles. The van der Waals surface area contributed by atoms with E-state index in [4.69, 9.17) is 4.74 Å². The fraction of sp³-hybridized carbons (Fsp3) is 1.00. The molecule has 0 amide bonds. The molecular formula is C13H26N2O. The predicted molar refractivity (Wildman–Crippen MR) is 66.7 cm³/mol. The molecule has 2 aliphatic rings. The lowest BCUT2D eigenvalue weighted by molar-refractivity contribution is 0.0665. The summed E-state index contributed by atoms with van der Waals surface area (Å²) in [4.78, 5) is 2.65. The van der Waals surface area contributed by atoms with Crippen LogP contribution in [0, 0.1) is 5.92 Å². The molecule has 0 saturated carbocycles. The lowest BCUT2D eigenvalue weighted by Gasteiger charge is -2.34. The van der Waals surface area contributed by atoms with Crippen LogP contribution in [0.25, 0.3) is 0 Å². The van der Waals surface area contributed by atoms with Gasteiger partial charge in [-0.15, -0.1) is 0 Å². The minimum Gasteiger partial charge on any atom is -0.377 e. The highest BCUT2D eigenvalue weighted by Gasteiger charge is 2.30. The molecule has 0 aromatic rings. The molecule has 0 bridgehead atoms. The lowest BCUT2D eigenvalue weighted by atomic mass is 9.96. The van der Waals surface area contributed by atoms with Crippen LogP contribution in [-0.4, -0.2) is 49.8 Å². The Bertz CT molecular complexity index is 204. The molecule has 16 heavy (non-hydrogen) atoms. The van der Waals surface area contributed by atoms with Crippen molar-refractivity contribution < 1.29 is 4.74 Å². The fourth-order valence-corrected chi connectivity index (χ4v) is 3.09. The quantitative estimate of drug-likeness (QED) is 0.786. The van der Waals surface area contributed by atoms with Gasteiger partial charge in [-0.05, 0) is 51.7 Å². The maximum atomic E-state index is 5.68. The Morgan fingerprint density at radius 3 is 2.56 bits per heavy atom. The van der Waals surface area contributed by atoms with Crippen molar-refractivity contribution in [2.45, 2.75) is 45.3 Å². The van der Waals surface area contributed by atoms with Gasteiger partial charge in [0, 0.05) is 19.2 Å². The molecule has 0 aromatic heterocycles. The SMILES string of the molecule is CCN(CC1CCNCC1)C1CCOC1C. The second kappa shape index (κ2) is 5.99. The van der Waals surface area contributed by atoms with Crippen molar-refractivity contribution in [3.63, 3.8) is 0 Å². The third-order valence-corrected chi connectivity index (χ3v) is 4.16. The first-order chi connectivity index (χ1) is 7.81. The number of likely N-dealkylation sites (N-methyl/N-ethyl adjacent to an activating group) is 1. The zero-order valence-corrected chi connectivity index (χ0v) is 10.7. The molecule has 2 fully saturated rings. The fourth-order valence-electron chi connectivity index (χ4n) is 3.09. The topological polar surface area (TPSA) is 24.5 Å². The number of nitrogens with one attached hydrogen (secondary N) is 1. The Kier molecular flexibility index (Phi) is 4.62. The van der Waals surface area contributed by atoms with Gasteiger partial charge in [-0.1, -0.05) is 6.92 Å². The summed E-state index contributed by atoms with van der Waals surface area (Å²) in [6, 6.07) is 0.667. The standard InChI is InChI=1S/C13H26N2O/c1-3-15(13-6-9-16-11(13)2)10-12-4-7-14-8-5-12/h11-14H,3-10H2,1-2H3. The lowest BCUT2D eigenvalue weighted by Crippen LogP contribution is -2.44. The summed E-state index contributed by atoms with van der Waals surface area (Å²) in [5.74, 6) is 0.897. The maximum absolute atomic E-state index is 5.68. The van der Waals surface area contributed by atoms with E-state index in [0.717, 1.165) is 12.5 Å². The Hall–Kier alpha value is -0.120. The Balaban J connectivity index is 1.84. The number of nitrogens with zero attached hydrogens (tertiary/aromatic N) is 1. The molecule has 2 rings (SSSR count). The van der Waals surface area contributed by atoms with Crippen LogP contribution in [0.15, 0.2) is 0 Å². The van der Waals surface area contributed by atoms with Gasteiger partial charge in [0.15, 0.2) is 0 Å². The number of piperidine rings is 1. The van der Waals surface area contributed by atoms with Crippen LogP contribution in [0.1, 0.15) is 33.1 Å². The first-order valence-corrected chi connectivity index (χ1v) is 6.87. The van der Waals surface area contributed by atoms with E-state index >= 15 is 0 Å². The van der Waals surface area contributed by atoms with E-state index in [2.05, 4.69) is 24.1 Å². The first-order valence-electron chi connectivity index (χ1n) is 6.87. The van der Waals surface area contributed by atoms with E-state index in [-0.39, 0.29) is 0 Å². The minimum absolute atomic E-state index is 0.432. The molecule has 94 valence electrons. The van der Waals surface area contributed by atoms with E-state index in [1.807, 2.05) is 0 Å². The van der Waals surface area contributed by atoms with E-state index < -0.39 is 0 Å². The molecule has 2 saturated heterocycles. The van der Waals surface area contributed by atoms with Gasteiger partial charge < -0.3 is 10.1 Å². The second-order valence-corrected chi connectivity index (χ2v) is 5.21. The molecule has 0 radical (unpaired) electrons. The van der Waals surface area contributed by atoms with E-state index in [9.17, 15) is 0 Å². The largest absolute Gasteiger partial charge is 0.377 e. The summed E-state index contributed by atoms with van der Waals surface area (Å²) in [5.41, 5.74) is 0. The van der Waals surface area contributed by atoms with Crippen molar-refractivity contribution in [1.29, 1.82) is 0 Å². The molecule has 1 N–H and O–H groups in total. The van der Waals surface area contributed by atoms with E-state index in [1.165, 1.54) is 45.4 Å². The van der Waals surface area contributed by atoms with Crippen molar-refractivity contribution in [2.75, 3.05) is 32.8 Å². The number of ether oxygens (including phenoxy) is 1. The predicted octanol–water partition coefficient (Wildman–Crippen LogP) is 1.49. The van der Waals surface area contributed by atoms with Crippen LogP contribution in [0.5, 0.6) is 0 Å². The molecule has 0 spiro atoms. The molecule has 3 heteroatoms. The molecular weight excluding hydrogens is 200 g/mol. The van der Waals surface area contributed by atoms with Crippen molar-refractivity contribution in [3.05, 3.63) is 0 Å². The zero-order valence-electron chi connectivity index (χ0n) is 10.7. The number of hydrogen-bond donors (Lipinski definition) is 1. The Morgan fingerprint density at radius 2 is 2.00 bits per heavy atom. The van der Waals surface area contributed by atoms with Crippen molar-refractivity contribution in [1.82, 2.24) is 10.2 Å². The van der Waals surface area contributed by atoms with Gasteiger partial charge in [-0.2, -0.15) is 0 Å². The summed E-state index contributed by atoms with van der Waals surface area (Å²) in [6.07, 6.45) is 4.35. The van der Waals surface area contributed by atoms with Crippen LogP contribution in [0.3, 0.4) is 0 Å². The van der Waals surface area contributed by atoms with Gasteiger partial charge in [0.25, 0.3) is 0 Å². The summed E-state index contributed by atoms with van der Waals surface area (Å²) in [6.45, 7) is 10.3. The number of rotatable bonds is 4. The summed E-state index contributed by atoms with van der Waals surface area (Å²) < 4.78 is 5.68. The first kappa shape index (κ1) is 12.3. The summed E-state index contributed by atoms with van der Waals surface area (Å²) in [5, 5.41) is 3.44. The van der Waals surface area contributed by atoms with E-state index in [1.54, 1.807) is 0 Å². The number of hydrogen-bond acceptors (Lipinski definition) is 3. The van der Waals surface area contributed by atoms with Gasteiger partial charge in [-0.25, -0.2) is 0 Å². The highest BCUT2D eigenvalue weighted by atomic mass is 16.5. The molecule has 2 atom stereocenters. The average Bonchev–Trinajstić information content (AvgIpc) is 2.74.